The molecule has 39 heavy (non-hydrogen) atoms. The van der Waals surface area contributed by atoms with Crippen LogP contribution >= 0.6 is 15.9 Å². The monoisotopic (exact) mass is 600 g/mol. The quantitative estimate of drug-likeness (QED) is 0.102. The van der Waals surface area contributed by atoms with Crippen LogP contribution in [0.25, 0.3) is 11.6 Å². The molecule has 0 aliphatic carbocycles. The Kier molecular flexibility index (Phi) is 18.8. The Hall–Kier alpha value is -1.78. The summed E-state index contributed by atoms with van der Waals surface area (Å²) in [5.41, 5.74) is 2.88. The lowest BCUT2D eigenvalue weighted by atomic mass is 10.0. The largest absolute Gasteiger partial charge is 0.490 e. The van der Waals surface area contributed by atoms with Gasteiger partial charge in [0.1, 0.15) is 0 Å². The van der Waals surface area contributed by atoms with Gasteiger partial charge >= 0.3 is 0 Å². The van der Waals surface area contributed by atoms with Gasteiger partial charge in [-0.25, -0.2) is 0 Å². The first-order valence-corrected chi connectivity index (χ1v) is 16.4. The Morgan fingerprint density at radius 2 is 1.21 bits per heavy atom. The van der Waals surface area contributed by atoms with E-state index in [0.717, 1.165) is 52.1 Å². The maximum absolute atomic E-state index is 10.1. The topological polar surface area (TPSA) is 38.7 Å². The summed E-state index contributed by atoms with van der Waals surface area (Å²) in [4.78, 5) is 0. The molecule has 0 unspecified atom stereocenters. The molecule has 0 spiro atoms. The second-order valence-corrected chi connectivity index (χ2v) is 11.6. The number of hydrogen-bond donors (Lipinski definition) is 1. The highest BCUT2D eigenvalue weighted by Crippen LogP contribution is 2.31. The Balaban J connectivity index is 1.94. The molecule has 2 aromatic rings. The summed E-state index contributed by atoms with van der Waals surface area (Å²) in [6.07, 6.45) is 22.6. The van der Waals surface area contributed by atoms with E-state index in [0.29, 0.717) is 6.61 Å². The number of halogens is 1. The number of rotatable bonds is 23. The van der Waals surface area contributed by atoms with Crippen molar-refractivity contribution >= 4 is 27.6 Å². The van der Waals surface area contributed by atoms with Gasteiger partial charge in [-0.15, -0.1) is 0 Å². The molecule has 0 atom stereocenters. The molecule has 0 aliphatic rings. The van der Waals surface area contributed by atoms with Crippen molar-refractivity contribution in [1.29, 1.82) is 0 Å². The van der Waals surface area contributed by atoms with Crippen LogP contribution in [0.2, 0.25) is 0 Å². The molecule has 218 valence electrons. The molecule has 0 saturated carbocycles. The molecule has 0 fully saturated rings. The van der Waals surface area contributed by atoms with Crippen molar-refractivity contribution < 1.29 is 14.6 Å². The van der Waals surface area contributed by atoms with Crippen molar-refractivity contribution in [2.45, 2.75) is 117 Å². The highest BCUT2D eigenvalue weighted by atomic mass is 79.9. The summed E-state index contributed by atoms with van der Waals surface area (Å²) in [5.74, 6) is 1.63. The molecular weight excluding hydrogens is 548 g/mol. The number of aliphatic hydroxyl groups is 1. The van der Waals surface area contributed by atoms with E-state index >= 15 is 0 Å². The molecule has 0 aliphatic heterocycles. The molecular formula is C35H53BrO3. The number of hydrogen-bond acceptors (Lipinski definition) is 3. The highest BCUT2D eigenvalue weighted by Gasteiger charge is 2.09. The number of benzene rings is 2. The molecule has 1 N–H and O–H groups in total. The minimum absolute atomic E-state index is 0.0262. The fourth-order valence-electron chi connectivity index (χ4n) is 4.79. The lowest BCUT2D eigenvalue weighted by Crippen LogP contribution is -2.03. The van der Waals surface area contributed by atoms with Crippen LogP contribution in [0.1, 0.15) is 128 Å². The molecule has 3 nitrogen and oxygen atoms in total. The molecule has 4 heteroatoms. The van der Waals surface area contributed by atoms with Crippen molar-refractivity contribution in [3.63, 3.8) is 0 Å². The van der Waals surface area contributed by atoms with Crippen molar-refractivity contribution in [1.82, 2.24) is 0 Å². The summed E-state index contributed by atoms with van der Waals surface area (Å²) in [7, 11) is 0. The van der Waals surface area contributed by atoms with Gasteiger partial charge in [-0.2, -0.15) is 0 Å². The van der Waals surface area contributed by atoms with E-state index in [2.05, 4.69) is 41.9 Å². The van der Waals surface area contributed by atoms with Gasteiger partial charge in [0.2, 0.25) is 0 Å². The molecule has 0 bridgehead atoms. The number of unbranched alkanes of at least 4 members (excludes halogenated alkanes) is 14. The first-order chi connectivity index (χ1) is 19.2. The van der Waals surface area contributed by atoms with Crippen LogP contribution < -0.4 is 9.47 Å². The molecule has 0 radical (unpaired) electrons. The molecule has 0 saturated heterocycles. The number of aliphatic hydroxyl groups excluding tert-OH is 1. The Morgan fingerprint density at radius 3 is 1.74 bits per heavy atom. The minimum Gasteiger partial charge on any atom is -0.490 e. The zero-order valence-electron chi connectivity index (χ0n) is 24.7. The Morgan fingerprint density at radius 1 is 0.667 bits per heavy atom. The van der Waals surface area contributed by atoms with Crippen molar-refractivity contribution in [2.75, 3.05) is 19.8 Å². The lowest BCUT2D eigenvalue weighted by Gasteiger charge is -2.14. The van der Waals surface area contributed by atoms with Crippen LogP contribution in [0.4, 0.5) is 0 Å². The Bertz CT molecular complexity index is 924. The van der Waals surface area contributed by atoms with Gasteiger partial charge in [-0.1, -0.05) is 138 Å². The summed E-state index contributed by atoms with van der Waals surface area (Å²) in [6.45, 7) is 5.93. The minimum atomic E-state index is -0.0262. The third-order valence-electron chi connectivity index (χ3n) is 7.19. The van der Waals surface area contributed by atoms with Crippen LogP contribution in [0, 0.1) is 0 Å². The first kappa shape index (κ1) is 33.4. The predicted molar refractivity (Wildman–Crippen MR) is 172 cm³/mol. The van der Waals surface area contributed by atoms with Gasteiger partial charge in [0, 0.05) is 4.47 Å². The van der Waals surface area contributed by atoms with Crippen LogP contribution in [0.3, 0.4) is 0 Å². The molecule has 2 rings (SSSR count). The first-order valence-electron chi connectivity index (χ1n) is 15.6. The zero-order chi connectivity index (χ0) is 28.0. The number of ether oxygens (including phenoxy) is 2. The smallest absolute Gasteiger partial charge is 0.161 e. The predicted octanol–water partition coefficient (Wildman–Crippen LogP) is 11.0. The van der Waals surface area contributed by atoms with Crippen LogP contribution in [-0.2, 0) is 0 Å². The average molecular weight is 602 g/mol. The molecule has 2 aromatic carbocycles. The maximum atomic E-state index is 10.1. The van der Waals surface area contributed by atoms with E-state index in [-0.39, 0.29) is 6.61 Å². The van der Waals surface area contributed by atoms with E-state index in [1.807, 2.05) is 36.4 Å². The van der Waals surface area contributed by atoms with E-state index < -0.39 is 0 Å². The summed E-state index contributed by atoms with van der Waals surface area (Å²) in [6, 6.07) is 14.2. The maximum Gasteiger partial charge on any atom is 0.161 e. The summed E-state index contributed by atoms with van der Waals surface area (Å²) in [5, 5.41) is 10.1. The second-order valence-electron chi connectivity index (χ2n) is 10.7. The van der Waals surface area contributed by atoms with Gasteiger partial charge in [0.05, 0.1) is 19.8 Å². The standard InChI is InChI=1S/C35H53BrO3/c1-3-5-7-9-11-13-15-17-24-38-34-23-22-30(26-32(29-37)31-20-19-21-33(36)28-31)27-35(34)39-25-18-16-14-12-10-8-6-4-2/h19-23,26-28,37H,3-18,24-25,29H2,1-2H3. The fraction of sp³-hybridized carbons (Fsp3) is 0.600. The van der Waals surface area contributed by atoms with Crippen LogP contribution in [0.5, 0.6) is 11.5 Å². The van der Waals surface area contributed by atoms with Gasteiger partial charge in [0.25, 0.3) is 0 Å². The van der Waals surface area contributed by atoms with Gasteiger partial charge in [-0.05, 0) is 59.9 Å². The van der Waals surface area contributed by atoms with E-state index in [4.69, 9.17) is 9.47 Å². The molecule has 0 heterocycles. The van der Waals surface area contributed by atoms with Crippen molar-refractivity contribution in [3.8, 4) is 11.5 Å². The van der Waals surface area contributed by atoms with E-state index in [1.54, 1.807) is 0 Å². The summed E-state index contributed by atoms with van der Waals surface area (Å²) < 4.78 is 13.5. The molecule has 0 amide bonds. The fourth-order valence-corrected chi connectivity index (χ4v) is 5.19. The van der Waals surface area contributed by atoms with Crippen molar-refractivity contribution in [2.24, 2.45) is 0 Å². The van der Waals surface area contributed by atoms with E-state index in [1.165, 1.54) is 89.9 Å². The van der Waals surface area contributed by atoms with Crippen molar-refractivity contribution in [3.05, 3.63) is 58.1 Å². The second kappa shape index (κ2) is 22.0. The Labute approximate surface area is 247 Å². The average Bonchev–Trinajstić information content (AvgIpc) is 2.95. The molecule has 0 aromatic heterocycles. The van der Waals surface area contributed by atoms with Gasteiger partial charge in [-0.3, -0.25) is 0 Å². The zero-order valence-corrected chi connectivity index (χ0v) is 26.3. The third-order valence-corrected chi connectivity index (χ3v) is 7.68. The van der Waals surface area contributed by atoms with Crippen LogP contribution in [0.15, 0.2) is 46.9 Å². The van der Waals surface area contributed by atoms with Crippen LogP contribution in [-0.4, -0.2) is 24.9 Å². The van der Waals surface area contributed by atoms with E-state index in [9.17, 15) is 5.11 Å². The van der Waals surface area contributed by atoms with Gasteiger partial charge < -0.3 is 14.6 Å². The SMILES string of the molecule is CCCCCCCCCCOc1ccc(C=C(CO)c2cccc(Br)c2)cc1OCCCCCCCCCC. The highest BCUT2D eigenvalue weighted by molar-refractivity contribution is 9.10. The lowest BCUT2D eigenvalue weighted by molar-refractivity contribution is 0.258. The summed E-state index contributed by atoms with van der Waals surface area (Å²) >= 11 is 3.54. The van der Waals surface area contributed by atoms with Gasteiger partial charge in [0.15, 0.2) is 11.5 Å². The normalized spacial score (nSPS) is 11.6. The third kappa shape index (κ3) is 15.0.